The molecule has 0 bridgehead atoms. The Morgan fingerprint density at radius 2 is 2.05 bits per heavy atom. The fraction of sp³-hybridized carbons (Fsp3) is 0.308. The van der Waals surface area contributed by atoms with Crippen LogP contribution in [0.4, 0.5) is 0 Å². The van der Waals surface area contributed by atoms with Gasteiger partial charge in [-0.1, -0.05) is 35.3 Å². The van der Waals surface area contributed by atoms with E-state index in [0.29, 0.717) is 10.0 Å². The molecule has 0 aliphatic heterocycles. The standard InChI is InChI=1S/C13H15BrCl2N4/c1-7(2)20-13(10(15)6-18-20)12(19-17)8-4-3-5-9(14)11(8)16/h3-7,12,19H,17H2,1-2H3. The van der Waals surface area contributed by atoms with E-state index in [1.165, 1.54) is 0 Å². The molecule has 2 rings (SSSR count). The number of halogens is 3. The lowest BCUT2D eigenvalue weighted by molar-refractivity contribution is 0.476. The Hall–Kier alpha value is -0.590. The van der Waals surface area contributed by atoms with E-state index in [9.17, 15) is 0 Å². The van der Waals surface area contributed by atoms with Crippen molar-refractivity contribution < 1.29 is 0 Å². The zero-order chi connectivity index (χ0) is 14.9. The van der Waals surface area contributed by atoms with Crippen LogP contribution in [0, 0.1) is 0 Å². The van der Waals surface area contributed by atoms with Gasteiger partial charge in [0, 0.05) is 10.5 Å². The lowest BCUT2D eigenvalue weighted by atomic mass is 10.0. The summed E-state index contributed by atoms with van der Waals surface area (Å²) in [6.45, 7) is 4.06. The van der Waals surface area contributed by atoms with E-state index >= 15 is 0 Å². The van der Waals surface area contributed by atoms with Crippen molar-refractivity contribution in [2.75, 3.05) is 0 Å². The summed E-state index contributed by atoms with van der Waals surface area (Å²) in [4.78, 5) is 0. The van der Waals surface area contributed by atoms with E-state index in [4.69, 9.17) is 29.0 Å². The van der Waals surface area contributed by atoms with Crippen molar-refractivity contribution in [1.29, 1.82) is 0 Å². The highest BCUT2D eigenvalue weighted by molar-refractivity contribution is 9.10. The van der Waals surface area contributed by atoms with E-state index in [1.54, 1.807) is 6.20 Å². The minimum Gasteiger partial charge on any atom is -0.271 e. The van der Waals surface area contributed by atoms with E-state index in [2.05, 4.69) is 26.5 Å². The first-order valence-corrected chi connectivity index (χ1v) is 7.65. The maximum atomic E-state index is 6.35. The second-order valence-corrected chi connectivity index (χ2v) is 6.30. The van der Waals surface area contributed by atoms with Crippen molar-refractivity contribution in [3.05, 3.63) is 50.2 Å². The number of hydrogen-bond acceptors (Lipinski definition) is 3. The Morgan fingerprint density at radius 1 is 1.35 bits per heavy atom. The molecule has 2 aromatic rings. The molecule has 1 atom stereocenters. The minimum atomic E-state index is -0.336. The number of hydrogen-bond donors (Lipinski definition) is 2. The van der Waals surface area contributed by atoms with Crippen molar-refractivity contribution in [3.63, 3.8) is 0 Å². The van der Waals surface area contributed by atoms with Gasteiger partial charge < -0.3 is 0 Å². The van der Waals surface area contributed by atoms with Gasteiger partial charge in [0.1, 0.15) is 0 Å². The van der Waals surface area contributed by atoms with Crippen LogP contribution < -0.4 is 11.3 Å². The van der Waals surface area contributed by atoms with Gasteiger partial charge in [0.25, 0.3) is 0 Å². The number of rotatable bonds is 4. The van der Waals surface area contributed by atoms with Crippen molar-refractivity contribution in [3.8, 4) is 0 Å². The van der Waals surface area contributed by atoms with E-state index in [-0.39, 0.29) is 12.1 Å². The average Bonchev–Trinajstić information content (AvgIpc) is 2.78. The molecule has 1 unspecified atom stereocenters. The zero-order valence-electron chi connectivity index (χ0n) is 11.1. The molecule has 0 amide bonds. The highest BCUT2D eigenvalue weighted by Gasteiger charge is 2.24. The third kappa shape index (κ3) is 2.87. The smallest absolute Gasteiger partial charge is 0.0908 e. The molecule has 1 aromatic heterocycles. The number of hydrazine groups is 1. The molecule has 3 N–H and O–H groups in total. The van der Waals surface area contributed by atoms with Gasteiger partial charge in [0.05, 0.1) is 28.0 Å². The molecule has 0 saturated carbocycles. The summed E-state index contributed by atoms with van der Waals surface area (Å²) in [5.74, 6) is 5.73. The quantitative estimate of drug-likeness (QED) is 0.623. The molecule has 0 aliphatic carbocycles. The lowest BCUT2D eigenvalue weighted by Gasteiger charge is -2.22. The van der Waals surface area contributed by atoms with Crippen LogP contribution in [0.15, 0.2) is 28.9 Å². The first-order valence-electron chi connectivity index (χ1n) is 6.10. The topological polar surface area (TPSA) is 55.9 Å². The lowest BCUT2D eigenvalue weighted by Crippen LogP contribution is -2.31. The van der Waals surface area contributed by atoms with Crippen LogP contribution in [0.2, 0.25) is 10.0 Å². The first-order chi connectivity index (χ1) is 9.47. The maximum absolute atomic E-state index is 6.35. The number of nitrogens with one attached hydrogen (secondary N) is 1. The molecular weight excluding hydrogens is 363 g/mol. The van der Waals surface area contributed by atoms with Crippen molar-refractivity contribution >= 4 is 39.1 Å². The highest BCUT2D eigenvalue weighted by atomic mass is 79.9. The van der Waals surface area contributed by atoms with Crippen LogP contribution in [-0.2, 0) is 0 Å². The summed E-state index contributed by atoms with van der Waals surface area (Å²) >= 11 is 16.0. The number of aromatic nitrogens is 2. The molecule has 7 heteroatoms. The van der Waals surface area contributed by atoms with E-state index < -0.39 is 0 Å². The maximum Gasteiger partial charge on any atom is 0.0908 e. The fourth-order valence-corrected chi connectivity index (χ4v) is 2.95. The molecule has 20 heavy (non-hydrogen) atoms. The Kier molecular flexibility index (Phi) is 5.09. The van der Waals surface area contributed by atoms with E-state index in [1.807, 2.05) is 36.7 Å². The Labute approximate surface area is 136 Å². The monoisotopic (exact) mass is 376 g/mol. The summed E-state index contributed by atoms with van der Waals surface area (Å²) in [6, 6.07) is 5.52. The normalized spacial score (nSPS) is 12.9. The molecular formula is C13H15BrCl2N4. The largest absolute Gasteiger partial charge is 0.271 e. The van der Waals surface area contributed by atoms with Crippen LogP contribution >= 0.6 is 39.1 Å². The first kappa shape index (κ1) is 15.8. The minimum absolute atomic E-state index is 0.166. The van der Waals surface area contributed by atoms with Crippen molar-refractivity contribution in [2.24, 2.45) is 5.84 Å². The average molecular weight is 378 g/mol. The summed E-state index contributed by atoms with van der Waals surface area (Å²) in [5, 5.41) is 5.45. The van der Waals surface area contributed by atoms with Gasteiger partial charge in [-0.3, -0.25) is 10.5 Å². The molecule has 1 aromatic carbocycles. The van der Waals surface area contributed by atoms with Crippen LogP contribution in [0.1, 0.15) is 37.2 Å². The predicted octanol–water partition coefficient (Wildman–Crippen LogP) is 4.09. The molecule has 0 aliphatic rings. The number of benzene rings is 1. The number of nitrogens with two attached hydrogens (primary N) is 1. The molecule has 0 fully saturated rings. The fourth-order valence-electron chi connectivity index (χ4n) is 2.09. The van der Waals surface area contributed by atoms with E-state index in [0.717, 1.165) is 15.7 Å². The predicted molar refractivity (Wildman–Crippen MR) is 85.9 cm³/mol. The van der Waals surface area contributed by atoms with Crippen LogP contribution in [0.5, 0.6) is 0 Å². The molecule has 1 heterocycles. The number of nitrogens with zero attached hydrogens (tertiary/aromatic N) is 2. The third-order valence-corrected chi connectivity index (χ3v) is 4.61. The van der Waals surface area contributed by atoms with Crippen LogP contribution in [0.3, 0.4) is 0 Å². The van der Waals surface area contributed by atoms with Gasteiger partial charge in [-0.15, -0.1) is 0 Å². The molecule has 108 valence electrons. The Bertz CT molecular complexity index is 612. The van der Waals surface area contributed by atoms with Crippen LogP contribution in [-0.4, -0.2) is 9.78 Å². The molecule has 0 radical (unpaired) electrons. The van der Waals surface area contributed by atoms with Crippen molar-refractivity contribution in [1.82, 2.24) is 15.2 Å². The van der Waals surface area contributed by atoms with Gasteiger partial charge in [0.15, 0.2) is 0 Å². The Balaban J connectivity index is 2.58. The van der Waals surface area contributed by atoms with Gasteiger partial charge >= 0.3 is 0 Å². The third-order valence-electron chi connectivity index (χ3n) is 3.01. The van der Waals surface area contributed by atoms with Gasteiger partial charge in [-0.2, -0.15) is 5.10 Å². The molecule has 0 saturated heterocycles. The SMILES string of the molecule is CC(C)n1ncc(Cl)c1C(NN)c1cccc(Br)c1Cl. The van der Waals surface area contributed by atoms with Crippen LogP contribution in [0.25, 0.3) is 0 Å². The van der Waals surface area contributed by atoms with Gasteiger partial charge in [-0.05, 0) is 41.4 Å². The summed E-state index contributed by atoms with van der Waals surface area (Å²) in [5.41, 5.74) is 4.41. The Morgan fingerprint density at radius 3 is 2.65 bits per heavy atom. The zero-order valence-corrected chi connectivity index (χ0v) is 14.2. The van der Waals surface area contributed by atoms with Gasteiger partial charge in [0.2, 0.25) is 0 Å². The van der Waals surface area contributed by atoms with Crippen molar-refractivity contribution in [2.45, 2.75) is 25.9 Å². The second kappa shape index (κ2) is 6.45. The molecule has 4 nitrogen and oxygen atoms in total. The highest BCUT2D eigenvalue weighted by Crippen LogP contribution is 2.36. The summed E-state index contributed by atoms with van der Waals surface area (Å²) in [6.07, 6.45) is 1.62. The summed E-state index contributed by atoms with van der Waals surface area (Å²) in [7, 11) is 0. The molecule has 0 spiro atoms. The second-order valence-electron chi connectivity index (χ2n) is 4.66. The van der Waals surface area contributed by atoms with Gasteiger partial charge in [-0.25, -0.2) is 5.43 Å². The summed E-state index contributed by atoms with van der Waals surface area (Å²) < 4.78 is 2.65.